The number of nitrogens with one attached hydrogen (secondary N) is 1. The SMILES string of the molecule is Cc1csc(CN[C@H](C)C2CCCC2)n1. The minimum absolute atomic E-state index is 0.650. The fourth-order valence-corrected chi connectivity index (χ4v) is 3.08. The average Bonchev–Trinajstić information content (AvgIpc) is 2.84. The first-order valence-electron chi connectivity index (χ1n) is 5.90. The molecule has 2 nitrogen and oxygen atoms in total. The van der Waals surface area contributed by atoms with Crippen LogP contribution >= 0.6 is 11.3 Å². The summed E-state index contributed by atoms with van der Waals surface area (Å²) in [6, 6.07) is 0.650. The lowest BCUT2D eigenvalue weighted by Crippen LogP contribution is -2.31. The van der Waals surface area contributed by atoms with Crippen molar-refractivity contribution in [3.63, 3.8) is 0 Å². The largest absolute Gasteiger partial charge is 0.308 e. The minimum Gasteiger partial charge on any atom is -0.308 e. The normalized spacial score (nSPS) is 19.6. The number of rotatable bonds is 4. The van der Waals surface area contributed by atoms with Crippen LogP contribution in [0.2, 0.25) is 0 Å². The molecule has 2 rings (SSSR count). The molecule has 3 heteroatoms. The van der Waals surface area contributed by atoms with Crippen LogP contribution in [0, 0.1) is 12.8 Å². The summed E-state index contributed by atoms with van der Waals surface area (Å²) in [6.45, 7) is 5.31. The molecule has 84 valence electrons. The molecule has 0 spiro atoms. The lowest BCUT2D eigenvalue weighted by atomic mass is 10.00. The van der Waals surface area contributed by atoms with Crippen LogP contribution in [-0.2, 0) is 6.54 Å². The molecule has 1 saturated carbocycles. The van der Waals surface area contributed by atoms with E-state index in [4.69, 9.17) is 0 Å². The van der Waals surface area contributed by atoms with Crippen molar-refractivity contribution in [2.45, 2.75) is 52.1 Å². The van der Waals surface area contributed by atoms with E-state index in [1.54, 1.807) is 11.3 Å². The smallest absolute Gasteiger partial charge is 0.107 e. The second-order valence-electron chi connectivity index (χ2n) is 4.60. The predicted molar refractivity (Wildman–Crippen MR) is 65.1 cm³/mol. The van der Waals surface area contributed by atoms with E-state index >= 15 is 0 Å². The van der Waals surface area contributed by atoms with Gasteiger partial charge in [0.2, 0.25) is 0 Å². The van der Waals surface area contributed by atoms with Gasteiger partial charge in [-0.15, -0.1) is 11.3 Å². The Morgan fingerprint density at radius 3 is 2.87 bits per heavy atom. The molecule has 0 amide bonds. The average molecular weight is 224 g/mol. The van der Waals surface area contributed by atoms with Crippen molar-refractivity contribution in [2.24, 2.45) is 5.92 Å². The third-order valence-corrected chi connectivity index (χ3v) is 4.32. The van der Waals surface area contributed by atoms with Crippen LogP contribution in [-0.4, -0.2) is 11.0 Å². The van der Waals surface area contributed by atoms with Crippen molar-refractivity contribution >= 4 is 11.3 Å². The van der Waals surface area contributed by atoms with Crippen LogP contribution in [0.4, 0.5) is 0 Å². The third kappa shape index (κ3) is 3.02. The van der Waals surface area contributed by atoms with E-state index in [1.165, 1.54) is 30.7 Å². The maximum Gasteiger partial charge on any atom is 0.107 e. The molecule has 15 heavy (non-hydrogen) atoms. The Kier molecular flexibility index (Phi) is 3.76. The van der Waals surface area contributed by atoms with Gasteiger partial charge in [0.05, 0.1) is 0 Å². The van der Waals surface area contributed by atoms with Gasteiger partial charge in [-0.3, -0.25) is 0 Å². The summed E-state index contributed by atoms with van der Waals surface area (Å²) >= 11 is 1.76. The Hall–Kier alpha value is -0.410. The number of hydrogen-bond donors (Lipinski definition) is 1. The van der Waals surface area contributed by atoms with Crippen molar-refractivity contribution < 1.29 is 0 Å². The first-order chi connectivity index (χ1) is 7.25. The minimum atomic E-state index is 0.650. The molecule has 0 saturated heterocycles. The van der Waals surface area contributed by atoms with Gasteiger partial charge < -0.3 is 5.32 Å². The Morgan fingerprint density at radius 1 is 1.53 bits per heavy atom. The molecule has 0 bridgehead atoms. The van der Waals surface area contributed by atoms with Gasteiger partial charge in [-0.05, 0) is 32.6 Å². The molecule has 1 aliphatic carbocycles. The molecule has 0 aliphatic heterocycles. The lowest BCUT2D eigenvalue weighted by molar-refractivity contribution is 0.380. The highest BCUT2D eigenvalue weighted by molar-refractivity contribution is 7.09. The zero-order valence-electron chi connectivity index (χ0n) is 9.62. The molecule has 1 N–H and O–H groups in total. The molecule has 0 unspecified atom stereocenters. The number of aromatic nitrogens is 1. The van der Waals surface area contributed by atoms with E-state index in [-0.39, 0.29) is 0 Å². The highest BCUT2D eigenvalue weighted by Gasteiger charge is 2.20. The molecular weight excluding hydrogens is 204 g/mol. The van der Waals surface area contributed by atoms with Crippen LogP contribution in [0.3, 0.4) is 0 Å². The molecule has 1 aromatic heterocycles. The molecule has 1 fully saturated rings. The summed E-state index contributed by atoms with van der Waals surface area (Å²) in [6.07, 6.45) is 5.66. The highest BCUT2D eigenvalue weighted by atomic mass is 32.1. The number of nitrogens with zero attached hydrogens (tertiary/aromatic N) is 1. The van der Waals surface area contributed by atoms with Gasteiger partial charge in [0, 0.05) is 23.7 Å². The first-order valence-corrected chi connectivity index (χ1v) is 6.78. The van der Waals surface area contributed by atoms with Crippen molar-refractivity contribution in [3.8, 4) is 0 Å². The lowest BCUT2D eigenvalue weighted by Gasteiger charge is -2.19. The summed E-state index contributed by atoms with van der Waals surface area (Å²) in [5.74, 6) is 0.894. The van der Waals surface area contributed by atoms with Crippen molar-refractivity contribution in [1.29, 1.82) is 0 Å². The Bertz CT molecular complexity index is 302. The predicted octanol–water partition coefficient (Wildman–Crippen LogP) is 3.12. The number of hydrogen-bond acceptors (Lipinski definition) is 3. The third-order valence-electron chi connectivity index (χ3n) is 3.35. The van der Waals surface area contributed by atoms with E-state index in [9.17, 15) is 0 Å². The van der Waals surface area contributed by atoms with Crippen LogP contribution in [0.1, 0.15) is 43.3 Å². The monoisotopic (exact) mass is 224 g/mol. The molecule has 1 heterocycles. The summed E-state index contributed by atoms with van der Waals surface area (Å²) in [5, 5.41) is 6.94. The second-order valence-corrected chi connectivity index (χ2v) is 5.54. The van der Waals surface area contributed by atoms with Gasteiger partial charge >= 0.3 is 0 Å². The van der Waals surface area contributed by atoms with E-state index in [0.717, 1.165) is 18.2 Å². The quantitative estimate of drug-likeness (QED) is 0.850. The Morgan fingerprint density at radius 2 is 2.27 bits per heavy atom. The van der Waals surface area contributed by atoms with Gasteiger partial charge in [0.25, 0.3) is 0 Å². The van der Waals surface area contributed by atoms with Gasteiger partial charge in [-0.2, -0.15) is 0 Å². The highest BCUT2D eigenvalue weighted by Crippen LogP contribution is 2.27. The summed E-state index contributed by atoms with van der Waals surface area (Å²) in [7, 11) is 0. The van der Waals surface area contributed by atoms with Crippen molar-refractivity contribution in [1.82, 2.24) is 10.3 Å². The van der Waals surface area contributed by atoms with Gasteiger partial charge in [0.1, 0.15) is 5.01 Å². The van der Waals surface area contributed by atoms with Crippen LogP contribution in [0.15, 0.2) is 5.38 Å². The molecular formula is C12H20N2S. The van der Waals surface area contributed by atoms with Crippen LogP contribution < -0.4 is 5.32 Å². The van der Waals surface area contributed by atoms with Gasteiger partial charge in [0.15, 0.2) is 0 Å². The number of thiazole rings is 1. The molecule has 0 aromatic carbocycles. The van der Waals surface area contributed by atoms with E-state index in [1.807, 2.05) is 0 Å². The van der Waals surface area contributed by atoms with Gasteiger partial charge in [-0.25, -0.2) is 4.98 Å². The summed E-state index contributed by atoms with van der Waals surface area (Å²) in [5.41, 5.74) is 1.14. The zero-order chi connectivity index (χ0) is 10.7. The van der Waals surface area contributed by atoms with Crippen molar-refractivity contribution in [3.05, 3.63) is 16.1 Å². The first kappa shape index (κ1) is 11.1. The topological polar surface area (TPSA) is 24.9 Å². The maximum atomic E-state index is 4.47. The molecule has 1 aliphatic rings. The van der Waals surface area contributed by atoms with E-state index in [0.29, 0.717) is 6.04 Å². The zero-order valence-corrected chi connectivity index (χ0v) is 10.4. The van der Waals surface area contributed by atoms with E-state index < -0.39 is 0 Å². The Balaban J connectivity index is 1.77. The van der Waals surface area contributed by atoms with E-state index in [2.05, 4.69) is 29.5 Å². The van der Waals surface area contributed by atoms with Crippen molar-refractivity contribution in [2.75, 3.05) is 0 Å². The fourth-order valence-electron chi connectivity index (χ4n) is 2.36. The molecule has 1 atom stereocenters. The second kappa shape index (κ2) is 5.08. The standard InChI is InChI=1S/C12H20N2S/c1-9-8-15-12(14-9)7-13-10(2)11-5-3-4-6-11/h8,10-11,13H,3-7H2,1-2H3/t10-/m1/s1. The molecule has 1 aromatic rings. The van der Waals surface area contributed by atoms with Crippen LogP contribution in [0.5, 0.6) is 0 Å². The maximum absolute atomic E-state index is 4.47. The molecule has 0 radical (unpaired) electrons. The fraction of sp³-hybridized carbons (Fsp3) is 0.750. The van der Waals surface area contributed by atoms with Gasteiger partial charge in [-0.1, -0.05) is 12.8 Å². The summed E-state index contributed by atoms with van der Waals surface area (Å²) in [4.78, 5) is 4.47. The number of aryl methyl sites for hydroxylation is 1. The Labute approximate surface area is 96.1 Å². The summed E-state index contributed by atoms with van der Waals surface area (Å²) < 4.78 is 0. The van der Waals surface area contributed by atoms with Crippen LogP contribution in [0.25, 0.3) is 0 Å².